The topological polar surface area (TPSA) is 50.4 Å². The molecule has 0 aliphatic carbocycles. The van der Waals surface area contributed by atoms with Crippen LogP contribution in [0, 0.1) is 11.8 Å². The van der Waals surface area contributed by atoms with Crippen molar-refractivity contribution >= 4 is 5.91 Å². The zero-order chi connectivity index (χ0) is 16.5. The number of rotatable bonds is 8. The highest BCUT2D eigenvalue weighted by atomic mass is 16.5. The first-order valence-corrected chi connectivity index (χ1v) is 8.82. The molecule has 0 radical (unpaired) electrons. The number of hydrogen-bond donors (Lipinski definition) is 2. The molecule has 1 aromatic carbocycles. The van der Waals surface area contributed by atoms with Gasteiger partial charge in [-0.05, 0) is 55.8 Å². The SMILES string of the molecule is CCOCc1ccccc1CNC(=O)CC(C)C1CCCNC1. The van der Waals surface area contributed by atoms with Gasteiger partial charge in [0, 0.05) is 19.6 Å². The largest absolute Gasteiger partial charge is 0.377 e. The average molecular weight is 318 g/mol. The third kappa shape index (κ3) is 5.96. The summed E-state index contributed by atoms with van der Waals surface area (Å²) < 4.78 is 5.49. The zero-order valence-electron chi connectivity index (χ0n) is 14.4. The number of hydrogen-bond acceptors (Lipinski definition) is 3. The maximum atomic E-state index is 12.2. The van der Waals surface area contributed by atoms with Crippen molar-refractivity contribution in [2.45, 2.75) is 46.3 Å². The Morgan fingerprint density at radius 1 is 1.39 bits per heavy atom. The summed E-state index contributed by atoms with van der Waals surface area (Å²) in [5, 5.41) is 6.50. The lowest BCUT2D eigenvalue weighted by molar-refractivity contribution is -0.122. The molecule has 1 aliphatic heterocycles. The normalized spacial score (nSPS) is 19.3. The van der Waals surface area contributed by atoms with Crippen LogP contribution in [-0.4, -0.2) is 25.6 Å². The molecule has 4 nitrogen and oxygen atoms in total. The molecule has 2 N–H and O–H groups in total. The minimum Gasteiger partial charge on any atom is -0.377 e. The van der Waals surface area contributed by atoms with Gasteiger partial charge in [-0.1, -0.05) is 31.2 Å². The summed E-state index contributed by atoms with van der Waals surface area (Å²) in [6, 6.07) is 8.14. The van der Waals surface area contributed by atoms with Crippen molar-refractivity contribution in [3.8, 4) is 0 Å². The molecule has 0 spiro atoms. The first-order chi connectivity index (χ1) is 11.2. The van der Waals surface area contributed by atoms with Gasteiger partial charge < -0.3 is 15.4 Å². The van der Waals surface area contributed by atoms with Gasteiger partial charge in [0.2, 0.25) is 5.91 Å². The van der Waals surface area contributed by atoms with E-state index in [0.717, 1.165) is 24.2 Å². The minimum atomic E-state index is 0.147. The molecule has 2 atom stereocenters. The molecule has 0 aromatic heterocycles. The fraction of sp³-hybridized carbons (Fsp3) is 0.632. The Balaban J connectivity index is 1.79. The van der Waals surface area contributed by atoms with Crippen LogP contribution in [0.3, 0.4) is 0 Å². The van der Waals surface area contributed by atoms with E-state index in [1.54, 1.807) is 0 Å². The van der Waals surface area contributed by atoms with Gasteiger partial charge >= 0.3 is 0 Å². The van der Waals surface area contributed by atoms with Gasteiger partial charge in [0.15, 0.2) is 0 Å². The molecule has 1 heterocycles. The van der Waals surface area contributed by atoms with Crippen LogP contribution in [0.15, 0.2) is 24.3 Å². The second kappa shape index (κ2) is 9.68. The molecule has 1 fully saturated rings. The van der Waals surface area contributed by atoms with Crippen LogP contribution < -0.4 is 10.6 Å². The number of amides is 1. The number of nitrogens with one attached hydrogen (secondary N) is 2. The molecule has 23 heavy (non-hydrogen) atoms. The van der Waals surface area contributed by atoms with Crippen molar-refractivity contribution in [2.24, 2.45) is 11.8 Å². The fourth-order valence-corrected chi connectivity index (χ4v) is 3.17. The Morgan fingerprint density at radius 2 is 2.17 bits per heavy atom. The van der Waals surface area contributed by atoms with E-state index in [1.807, 2.05) is 19.1 Å². The maximum absolute atomic E-state index is 12.2. The summed E-state index contributed by atoms with van der Waals surface area (Å²) in [6.45, 7) is 8.24. The lowest BCUT2D eigenvalue weighted by Crippen LogP contribution is -2.35. The smallest absolute Gasteiger partial charge is 0.220 e. The van der Waals surface area contributed by atoms with Gasteiger partial charge in [-0.15, -0.1) is 0 Å². The predicted molar refractivity (Wildman–Crippen MR) is 93.0 cm³/mol. The summed E-state index contributed by atoms with van der Waals surface area (Å²) in [4.78, 5) is 12.2. The summed E-state index contributed by atoms with van der Waals surface area (Å²) >= 11 is 0. The van der Waals surface area contributed by atoms with Crippen LogP contribution in [0.4, 0.5) is 0 Å². The Morgan fingerprint density at radius 3 is 2.87 bits per heavy atom. The second-order valence-corrected chi connectivity index (χ2v) is 6.47. The minimum absolute atomic E-state index is 0.147. The van der Waals surface area contributed by atoms with Crippen LogP contribution >= 0.6 is 0 Å². The summed E-state index contributed by atoms with van der Waals surface area (Å²) in [5.41, 5.74) is 2.29. The van der Waals surface area contributed by atoms with E-state index in [2.05, 4.69) is 29.7 Å². The molecule has 2 rings (SSSR count). The summed E-state index contributed by atoms with van der Waals surface area (Å²) in [5.74, 6) is 1.20. The molecule has 1 amide bonds. The lowest BCUT2D eigenvalue weighted by Gasteiger charge is -2.28. The van der Waals surface area contributed by atoms with Gasteiger partial charge in [-0.3, -0.25) is 4.79 Å². The summed E-state index contributed by atoms with van der Waals surface area (Å²) in [7, 11) is 0. The van der Waals surface area contributed by atoms with Gasteiger partial charge in [0.25, 0.3) is 0 Å². The van der Waals surface area contributed by atoms with E-state index < -0.39 is 0 Å². The van der Waals surface area contributed by atoms with Gasteiger partial charge in [0.05, 0.1) is 6.61 Å². The van der Waals surface area contributed by atoms with Crippen molar-refractivity contribution in [3.63, 3.8) is 0 Å². The summed E-state index contributed by atoms with van der Waals surface area (Å²) in [6.07, 6.45) is 3.07. The molecule has 1 saturated heterocycles. The molecule has 0 bridgehead atoms. The predicted octanol–water partition coefficient (Wildman–Crippen LogP) is 2.87. The van der Waals surface area contributed by atoms with Crippen LogP contribution in [0.2, 0.25) is 0 Å². The van der Waals surface area contributed by atoms with Crippen molar-refractivity contribution < 1.29 is 9.53 Å². The molecule has 2 unspecified atom stereocenters. The number of ether oxygens (including phenoxy) is 1. The number of piperidine rings is 1. The number of carbonyl (C=O) groups excluding carboxylic acids is 1. The Kier molecular flexibility index (Phi) is 7.56. The highest BCUT2D eigenvalue weighted by Gasteiger charge is 2.21. The van der Waals surface area contributed by atoms with E-state index >= 15 is 0 Å². The molecule has 4 heteroatoms. The second-order valence-electron chi connectivity index (χ2n) is 6.47. The van der Waals surface area contributed by atoms with Gasteiger partial charge in [-0.25, -0.2) is 0 Å². The van der Waals surface area contributed by atoms with Crippen molar-refractivity contribution in [1.29, 1.82) is 0 Å². The monoisotopic (exact) mass is 318 g/mol. The fourth-order valence-electron chi connectivity index (χ4n) is 3.17. The zero-order valence-corrected chi connectivity index (χ0v) is 14.4. The highest BCUT2D eigenvalue weighted by Crippen LogP contribution is 2.22. The van der Waals surface area contributed by atoms with E-state index in [9.17, 15) is 4.79 Å². The van der Waals surface area contributed by atoms with E-state index in [0.29, 0.717) is 38.0 Å². The molecule has 128 valence electrons. The average Bonchev–Trinajstić information content (AvgIpc) is 2.59. The lowest BCUT2D eigenvalue weighted by atomic mass is 9.85. The standard InChI is InChI=1S/C19H30N2O2/c1-3-23-14-18-8-5-4-7-17(18)13-21-19(22)11-15(2)16-9-6-10-20-12-16/h4-5,7-8,15-16,20H,3,6,9-14H2,1-2H3,(H,21,22). The van der Waals surface area contributed by atoms with Crippen molar-refractivity contribution in [3.05, 3.63) is 35.4 Å². The maximum Gasteiger partial charge on any atom is 0.220 e. The van der Waals surface area contributed by atoms with Crippen molar-refractivity contribution in [1.82, 2.24) is 10.6 Å². The first kappa shape index (κ1) is 18.0. The molecular weight excluding hydrogens is 288 g/mol. The Hall–Kier alpha value is -1.39. The molecule has 1 aliphatic rings. The molecule has 0 saturated carbocycles. The highest BCUT2D eigenvalue weighted by molar-refractivity contribution is 5.76. The third-order valence-electron chi connectivity index (χ3n) is 4.70. The van der Waals surface area contributed by atoms with Crippen molar-refractivity contribution in [2.75, 3.05) is 19.7 Å². The Labute approximate surface area is 140 Å². The quantitative estimate of drug-likeness (QED) is 0.775. The Bertz CT molecular complexity index is 484. The van der Waals surface area contributed by atoms with Gasteiger partial charge in [-0.2, -0.15) is 0 Å². The van der Waals surface area contributed by atoms with Crippen LogP contribution in [0.25, 0.3) is 0 Å². The molecular formula is C19H30N2O2. The van der Waals surface area contributed by atoms with Gasteiger partial charge in [0.1, 0.15) is 0 Å². The third-order valence-corrected chi connectivity index (χ3v) is 4.70. The van der Waals surface area contributed by atoms with E-state index in [1.165, 1.54) is 12.8 Å². The number of carbonyl (C=O) groups is 1. The van der Waals surface area contributed by atoms with E-state index in [-0.39, 0.29) is 5.91 Å². The van der Waals surface area contributed by atoms with Crippen LogP contribution in [0.1, 0.15) is 44.2 Å². The number of benzene rings is 1. The van der Waals surface area contributed by atoms with E-state index in [4.69, 9.17) is 4.74 Å². The molecule has 1 aromatic rings. The van der Waals surface area contributed by atoms with Crippen LogP contribution in [-0.2, 0) is 22.7 Å². The first-order valence-electron chi connectivity index (χ1n) is 8.82. The van der Waals surface area contributed by atoms with Crippen LogP contribution in [0.5, 0.6) is 0 Å².